The van der Waals surface area contributed by atoms with Gasteiger partial charge in [-0.1, -0.05) is 0 Å². The molecule has 0 fully saturated rings. The van der Waals surface area contributed by atoms with Crippen molar-refractivity contribution in [2.24, 2.45) is 5.10 Å². The lowest BCUT2D eigenvalue weighted by Crippen LogP contribution is -1.93. The number of hydrazone groups is 1. The third kappa shape index (κ3) is 4.18. The molecule has 0 aliphatic rings. The molecule has 2 aromatic carbocycles. The van der Waals surface area contributed by atoms with Crippen LogP contribution in [0.4, 0.5) is 10.8 Å². The SMILES string of the molecule is COc1ccc(-c2csc(N/N=C\c3ccc(O)c([N+](=O)[O-])c3)n2)cc1OC. The molecule has 0 spiro atoms. The summed E-state index contributed by atoms with van der Waals surface area (Å²) in [5, 5.41) is 26.8. The number of thiazole rings is 1. The van der Waals surface area contributed by atoms with Crippen molar-refractivity contribution in [3.8, 4) is 28.5 Å². The Balaban J connectivity index is 1.72. The van der Waals surface area contributed by atoms with Crippen LogP contribution in [-0.4, -0.2) is 35.4 Å². The summed E-state index contributed by atoms with van der Waals surface area (Å²) in [6.07, 6.45) is 1.41. The van der Waals surface area contributed by atoms with Crippen LogP contribution in [0, 0.1) is 10.1 Å². The van der Waals surface area contributed by atoms with Gasteiger partial charge in [0.25, 0.3) is 0 Å². The standard InChI is InChI=1S/C18H16N4O5S/c1-26-16-6-4-12(8-17(16)27-2)13-10-28-18(20-13)21-19-9-11-3-5-15(23)14(7-11)22(24)25/h3-10,23H,1-2H3,(H,20,21)/b19-9-. The Kier molecular flexibility index (Phi) is 5.70. The minimum Gasteiger partial charge on any atom is -0.502 e. The van der Waals surface area contributed by atoms with Gasteiger partial charge in [0, 0.05) is 22.6 Å². The number of methoxy groups -OCH3 is 2. The highest BCUT2D eigenvalue weighted by molar-refractivity contribution is 7.14. The predicted octanol–water partition coefficient (Wildman–Crippen LogP) is 3.89. The van der Waals surface area contributed by atoms with E-state index >= 15 is 0 Å². The van der Waals surface area contributed by atoms with Crippen molar-refractivity contribution in [1.82, 2.24) is 4.98 Å². The molecule has 144 valence electrons. The van der Waals surface area contributed by atoms with Crippen LogP contribution in [0.5, 0.6) is 17.2 Å². The van der Waals surface area contributed by atoms with Gasteiger partial charge in [0.2, 0.25) is 5.13 Å². The van der Waals surface area contributed by atoms with Crippen LogP contribution in [0.3, 0.4) is 0 Å². The average molecular weight is 400 g/mol. The van der Waals surface area contributed by atoms with Crippen LogP contribution >= 0.6 is 11.3 Å². The smallest absolute Gasteiger partial charge is 0.311 e. The van der Waals surface area contributed by atoms with Gasteiger partial charge in [0.1, 0.15) is 0 Å². The van der Waals surface area contributed by atoms with Crippen molar-refractivity contribution >= 4 is 28.4 Å². The molecule has 1 aromatic heterocycles. The number of benzene rings is 2. The summed E-state index contributed by atoms with van der Waals surface area (Å²) in [6.45, 7) is 0. The van der Waals surface area contributed by atoms with Crippen molar-refractivity contribution in [1.29, 1.82) is 0 Å². The van der Waals surface area contributed by atoms with E-state index in [1.165, 1.54) is 35.8 Å². The van der Waals surface area contributed by atoms with E-state index in [4.69, 9.17) is 9.47 Å². The maximum atomic E-state index is 10.9. The van der Waals surface area contributed by atoms with Crippen molar-refractivity contribution in [3.63, 3.8) is 0 Å². The molecule has 0 radical (unpaired) electrons. The summed E-state index contributed by atoms with van der Waals surface area (Å²) in [5.41, 5.74) is 4.47. The van der Waals surface area contributed by atoms with E-state index in [9.17, 15) is 15.2 Å². The molecule has 0 unspecified atom stereocenters. The number of nitro benzene ring substituents is 1. The summed E-state index contributed by atoms with van der Waals surface area (Å²) in [5.74, 6) is 0.844. The number of anilines is 1. The van der Waals surface area contributed by atoms with E-state index in [0.717, 1.165) is 11.3 Å². The fourth-order valence-electron chi connectivity index (χ4n) is 2.38. The highest BCUT2D eigenvalue weighted by atomic mass is 32.1. The topological polar surface area (TPSA) is 119 Å². The van der Waals surface area contributed by atoms with Crippen molar-refractivity contribution in [2.75, 3.05) is 19.6 Å². The zero-order chi connectivity index (χ0) is 20.1. The quantitative estimate of drug-likeness (QED) is 0.351. The van der Waals surface area contributed by atoms with E-state index in [1.807, 2.05) is 17.5 Å². The molecule has 0 amide bonds. The van der Waals surface area contributed by atoms with Gasteiger partial charge in [-0.05, 0) is 30.3 Å². The molecule has 1 heterocycles. The van der Waals surface area contributed by atoms with Gasteiger partial charge < -0.3 is 14.6 Å². The van der Waals surface area contributed by atoms with Crippen molar-refractivity contribution < 1.29 is 19.5 Å². The Morgan fingerprint density at radius 3 is 2.71 bits per heavy atom. The Labute approximate surface area is 164 Å². The van der Waals surface area contributed by atoms with Gasteiger partial charge in [-0.25, -0.2) is 4.98 Å². The number of hydrogen-bond donors (Lipinski definition) is 2. The summed E-state index contributed by atoms with van der Waals surface area (Å²) in [7, 11) is 3.14. The lowest BCUT2D eigenvalue weighted by molar-refractivity contribution is -0.385. The second-order valence-corrected chi connectivity index (χ2v) is 6.34. The zero-order valence-corrected chi connectivity index (χ0v) is 15.8. The largest absolute Gasteiger partial charge is 0.502 e. The molecule has 2 N–H and O–H groups in total. The third-order valence-corrected chi connectivity index (χ3v) is 4.50. The summed E-state index contributed by atoms with van der Waals surface area (Å²) in [4.78, 5) is 14.6. The fourth-order valence-corrected chi connectivity index (χ4v) is 3.05. The highest BCUT2D eigenvalue weighted by Gasteiger charge is 2.13. The third-order valence-electron chi connectivity index (χ3n) is 3.75. The second-order valence-electron chi connectivity index (χ2n) is 5.48. The first-order chi connectivity index (χ1) is 13.5. The van der Waals surface area contributed by atoms with Crippen LogP contribution in [0.2, 0.25) is 0 Å². The molecule has 0 aliphatic heterocycles. The molecule has 28 heavy (non-hydrogen) atoms. The Morgan fingerprint density at radius 1 is 1.21 bits per heavy atom. The van der Waals surface area contributed by atoms with E-state index in [1.54, 1.807) is 20.3 Å². The van der Waals surface area contributed by atoms with Gasteiger partial charge >= 0.3 is 5.69 Å². The fraction of sp³-hybridized carbons (Fsp3) is 0.111. The molecule has 0 saturated heterocycles. The Morgan fingerprint density at radius 2 is 2.00 bits per heavy atom. The lowest BCUT2D eigenvalue weighted by atomic mass is 10.1. The number of aromatic nitrogens is 1. The van der Waals surface area contributed by atoms with Crippen molar-refractivity contribution in [3.05, 3.63) is 57.5 Å². The van der Waals surface area contributed by atoms with Gasteiger partial charge in [-0.2, -0.15) is 5.10 Å². The maximum Gasteiger partial charge on any atom is 0.311 e. The number of nitrogens with one attached hydrogen (secondary N) is 1. The minimum atomic E-state index is -0.656. The molecular weight excluding hydrogens is 384 g/mol. The van der Waals surface area contributed by atoms with Gasteiger partial charge in [0.15, 0.2) is 17.2 Å². The van der Waals surface area contributed by atoms with Crippen LogP contribution in [0.15, 0.2) is 46.9 Å². The van der Waals surface area contributed by atoms with Crippen LogP contribution in [-0.2, 0) is 0 Å². The average Bonchev–Trinajstić information content (AvgIpc) is 3.17. The number of phenolic OH excluding ortho intramolecular Hbond substituents is 1. The lowest BCUT2D eigenvalue weighted by Gasteiger charge is -2.08. The summed E-state index contributed by atoms with van der Waals surface area (Å²) in [6, 6.07) is 9.51. The maximum absolute atomic E-state index is 10.9. The Bertz CT molecular complexity index is 1030. The Hall–Kier alpha value is -3.66. The predicted molar refractivity (Wildman–Crippen MR) is 107 cm³/mol. The monoisotopic (exact) mass is 400 g/mol. The number of aromatic hydroxyl groups is 1. The summed E-state index contributed by atoms with van der Waals surface area (Å²) >= 11 is 1.36. The minimum absolute atomic E-state index is 0.381. The van der Waals surface area contributed by atoms with Gasteiger partial charge in [-0.3, -0.25) is 15.5 Å². The molecule has 9 nitrogen and oxygen atoms in total. The van der Waals surface area contributed by atoms with E-state index in [-0.39, 0.29) is 5.69 Å². The first-order valence-electron chi connectivity index (χ1n) is 7.96. The number of phenols is 1. The van der Waals surface area contributed by atoms with Crippen molar-refractivity contribution in [2.45, 2.75) is 0 Å². The molecule has 0 saturated carbocycles. The summed E-state index contributed by atoms with van der Waals surface area (Å²) < 4.78 is 10.5. The number of hydrogen-bond acceptors (Lipinski definition) is 9. The van der Waals surface area contributed by atoms with Gasteiger partial charge in [0.05, 0.1) is 31.1 Å². The first kappa shape index (κ1) is 19.1. The zero-order valence-electron chi connectivity index (χ0n) is 14.9. The van der Waals surface area contributed by atoms with E-state index in [0.29, 0.717) is 22.2 Å². The number of rotatable bonds is 7. The van der Waals surface area contributed by atoms with Crippen LogP contribution < -0.4 is 14.9 Å². The molecule has 0 bridgehead atoms. The number of nitro groups is 1. The van der Waals surface area contributed by atoms with E-state index < -0.39 is 10.7 Å². The van der Waals surface area contributed by atoms with Gasteiger partial charge in [-0.15, -0.1) is 11.3 Å². The molecule has 0 atom stereocenters. The molecular formula is C18H16N4O5S. The normalized spacial score (nSPS) is 10.8. The highest BCUT2D eigenvalue weighted by Crippen LogP contribution is 2.33. The van der Waals surface area contributed by atoms with Crippen LogP contribution in [0.25, 0.3) is 11.3 Å². The number of nitrogens with zero attached hydrogens (tertiary/aromatic N) is 3. The van der Waals surface area contributed by atoms with E-state index in [2.05, 4.69) is 15.5 Å². The van der Waals surface area contributed by atoms with Crippen LogP contribution in [0.1, 0.15) is 5.56 Å². The molecule has 3 rings (SSSR count). The molecule has 3 aromatic rings. The second kappa shape index (κ2) is 8.35. The number of ether oxygens (including phenoxy) is 2. The molecule has 10 heteroatoms. The first-order valence-corrected chi connectivity index (χ1v) is 8.84. The molecule has 0 aliphatic carbocycles.